The van der Waals surface area contributed by atoms with Crippen LogP contribution in [0.2, 0.25) is 0 Å². The molecule has 0 aliphatic heterocycles. The number of aliphatic hydroxyl groups is 2. The van der Waals surface area contributed by atoms with E-state index in [0.29, 0.717) is 11.0 Å². The molecule has 0 aliphatic rings. The number of aromatic amines is 1. The molecule has 10 heteroatoms. The van der Waals surface area contributed by atoms with Crippen molar-refractivity contribution >= 4 is 22.9 Å². The Labute approximate surface area is 138 Å². The number of hydrogen-bond donors (Lipinski definition) is 5. The Kier molecular flexibility index (Phi) is 5.20. The van der Waals surface area contributed by atoms with E-state index in [1.807, 2.05) is 0 Å². The van der Waals surface area contributed by atoms with E-state index >= 15 is 0 Å². The topological polar surface area (TPSA) is 159 Å². The van der Waals surface area contributed by atoms with Crippen LogP contribution in [0.25, 0.3) is 11.0 Å². The second kappa shape index (κ2) is 6.97. The zero-order valence-corrected chi connectivity index (χ0v) is 13.8. The Morgan fingerprint density at radius 3 is 2.79 bits per heavy atom. The number of nitrogens with two attached hydrogens (primary N) is 1. The van der Waals surface area contributed by atoms with E-state index in [2.05, 4.69) is 25.5 Å². The molecule has 0 spiro atoms. The molecule has 24 heavy (non-hydrogen) atoms. The molecule has 0 aliphatic carbocycles. The van der Waals surface area contributed by atoms with Gasteiger partial charge >= 0.3 is 6.09 Å². The molecule has 0 saturated heterocycles. The van der Waals surface area contributed by atoms with Crippen molar-refractivity contribution < 1.29 is 19.7 Å². The summed E-state index contributed by atoms with van der Waals surface area (Å²) in [5.41, 5.74) is 5.69. The van der Waals surface area contributed by atoms with Gasteiger partial charge in [-0.25, -0.2) is 14.8 Å². The highest BCUT2D eigenvalue weighted by atomic mass is 16.6. The number of anilines is 1. The van der Waals surface area contributed by atoms with Crippen molar-refractivity contribution in [3.05, 3.63) is 12.0 Å². The number of ether oxygens (including phenoxy) is 1. The summed E-state index contributed by atoms with van der Waals surface area (Å²) in [6.45, 7) is 5.38. The number of aliphatic hydroxyl groups excluding tert-OH is 2. The van der Waals surface area contributed by atoms with Gasteiger partial charge in [0.05, 0.1) is 17.2 Å². The normalized spacial score (nSPS) is 14.4. The Balaban J connectivity index is 1.95. The summed E-state index contributed by atoms with van der Waals surface area (Å²) in [6.07, 6.45) is -1.65. The zero-order valence-electron chi connectivity index (χ0n) is 13.8. The van der Waals surface area contributed by atoms with Gasteiger partial charge in [-0.2, -0.15) is 5.10 Å². The number of amides is 1. The predicted molar refractivity (Wildman–Crippen MR) is 85.9 cm³/mol. The molecule has 2 unspecified atom stereocenters. The third-order valence-corrected chi connectivity index (χ3v) is 3.18. The first-order valence-corrected chi connectivity index (χ1v) is 7.46. The fourth-order valence-electron chi connectivity index (χ4n) is 2.10. The SMILES string of the molecule is CC(C)(C)OC(=O)NCCC(O)C(O)c1[nH]nc2ncnc(N)c12. The van der Waals surface area contributed by atoms with Crippen molar-refractivity contribution in [1.29, 1.82) is 0 Å². The minimum absolute atomic E-state index is 0.106. The highest BCUT2D eigenvalue weighted by Crippen LogP contribution is 2.26. The molecule has 2 heterocycles. The van der Waals surface area contributed by atoms with E-state index in [-0.39, 0.29) is 24.5 Å². The molecule has 132 valence electrons. The fraction of sp³-hybridized carbons (Fsp3) is 0.571. The van der Waals surface area contributed by atoms with E-state index < -0.39 is 23.9 Å². The summed E-state index contributed by atoms with van der Waals surface area (Å²) in [5, 5.41) is 29.8. The van der Waals surface area contributed by atoms with Gasteiger partial charge in [0.15, 0.2) is 5.65 Å². The molecule has 0 saturated carbocycles. The number of aromatic nitrogens is 4. The molecule has 0 fully saturated rings. The molecule has 0 bridgehead atoms. The van der Waals surface area contributed by atoms with Crippen LogP contribution in [0.4, 0.5) is 10.6 Å². The van der Waals surface area contributed by atoms with E-state index in [0.717, 1.165) is 0 Å². The van der Waals surface area contributed by atoms with Crippen molar-refractivity contribution in [1.82, 2.24) is 25.5 Å². The first-order chi connectivity index (χ1) is 11.2. The van der Waals surface area contributed by atoms with Crippen molar-refractivity contribution in [3.63, 3.8) is 0 Å². The standard InChI is InChI=1S/C14H22N6O4/c1-14(2,3)24-13(23)16-5-4-7(21)10(22)9-8-11(15)17-6-18-12(8)20-19-9/h6-7,10,21-22H,4-5H2,1-3H3,(H,16,23)(H3,15,17,18,19,20). The minimum atomic E-state index is -1.27. The lowest BCUT2D eigenvalue weighted by Crippen LogP contribution is -2.34. The highest BCUT2D eigenvalue weighted by molar-refractivity contribution is 5.87. The molecule has 2 atom stereocenters. The van der Waals surface area contributed by atoms with Crippen LogP contribution < -0.4 is 11.1 Å². The molecule has 2 aromatic heterocycles. The second-order valence-corrected chi connectivity index (χ2v) is 6.32. The molecule has 1 amide bonds. The Bertz CT molecular complexity index is 711. The van der Waals surface area contributed by atoms with E-state index in [9.17, 15) is 15.0 Å². The Morgan fingerprint density at radius 2 is 2.12 bits per heavy atom. The maximum Gasteiger partial charge on any atom is 0.407 e. The first kappa shape index (κ1) is 17.9. The lowest BCUT2D eigenvalue weighted by molar-refractivity contribution is 0.0107. The molecule has 0 aromatic carbocycles. The molecule has 6 N–H and O–H groups in total. The van der Waals surface area contributed by atoms with Gasteiger partial charge in [0.1, 0.15) is 23.9 Å². The van der Waals surface area contributed by atoms with Crippen LogP contribution in [0.5, 0.6) is 0 Å². The molecular weight excluding hydrogens is 316 g/mol. The molecule has 10 nitrogen and oxygen atoms in total. The number of hydrogen-bond acceptors (Lipinski definition) is 8. The number of nitrogens with one attached hydrogen (secondary N) is 2. The predicted octanol–water partition coefficient (Wildman–Crippen LogP) is 0.244. The third-order valence-electron chi connectivity index (χ3n) is 3.18. The van der Waals surface area contributed by atoms with Crippen molar-refractivity contribution in [2.24, 2.45) is 0 Å². The number of nitrogens with zero attached hydrogens (tertiary/aromatic N) is 3. The average molecular weight is 338 g/mol. The first-order valence-electron chi connectivity index (χ1n) is 7.46. The smallest absolute Gasteiger partial charge is 0.407 e. The van der Waals surface area contributed by atoms with Gasteiger partial charge in [0.25, 0.3) is 0 Å². The van der Waals surface area contributed by atoms with Gasteiger partial charge in [-0.1, -0.05) is 0 Å². The monoisotopic (exact) mass is 338 g/mol. The zero-order chi connectivity index (χ0) is 17.9. The molecule has 2 aromatic rings. The van der Waals surface area contributed by atoms with Gasteiger partial charge in [0.2, 0.25) is 0 Å². The van der Waals surface area contributed by atoms with Crippen LogP contribution in [0.3, 0.4) is 0 Å². The summed E-state index contributed by atoms with van der Waals surface area (Å²) >= 11 is 0. The van der Waals surface area contributed by atoms with Gasteiger partial charge in [0, 0.05) is 6.54 Å². The van der Waals surface area contributed by atoms with Crippen LogP contribution in [0, 0.1) is 0 Å². The second-order valence-electron chi connectivity index (χ2n) is 6.32. The highest BCUT2D eigenvalue weighted by Gasteiger charge is 2.25. The Hall–Kier alpha value is -2.46. The number of alkyl carbamates (subject to hydrolysis) is 1. The van der Waals surface area contributed by atoms with Crippen molar-refractivity contribution in [2.45, 2.75) is 45.0 Å². The van der Waals surface area contributed by atoms with Crippen LogP contribution >= 0.6 is 0 Å². The lowest BCUT2D eigenvalue weighted by Gasteiger charge is -2.21. The van der Waals surface area contributed by atoms with Crippen LogP contribution in [0.1, 0.15) is 39.0 Å². The van der Waals surface area contributed by atoms with Crippen LogP contribution in [-0.4, -0.2) is 54.7 Å². The maximum atomic E-state index is 11.5. The summed E-state index contributed by atoms with van der Waals surface area (Å²) < 4.78 is 5.08. The summed E-state index contributed by atoms with van der Waals surface area (Å²) in [7, 11) is 0. The quantitative estimate of drug-likeness (QED) is 0.518. The number of H-pyrrole nitrogens is 1. The van der Waals surface area contributed by atoms with E-state index in [4.69, 9.17) is 10.5 Å². The molecule has 0 radical (unpaired) electrons. The number of rotatable bonds is 5. The Morgan fingerprint density at radius 1 is 1.42 bits per heavy atom. The van der Waals surface area contributed by atoms with Gasteiger partial charge in [-0.3, -0.25) is 5.10 Å². The van der Waals surface area contributed by atoms with E-state index in [1.54, 1.807) is 20.8 Å². The average Bonchev–Trinajstić information content (AvgIpc) is 2.89. The summed E-state index contributed by atoms with van der Waals surface area (Å²) in [5.74, 6) is 0.155. The summed E-state index contributed by atoms with van der Waals surface area (Å²) in [4.78, 5) is 19.3. The lowest BCUT2D eigenvalue weighted by atomic mass is 10.1. The number of carbonyl (C=O) groups is 1. The number of nitrogen functional groups attached to an aromatic ring is 1. The van der Waals surface area contributed by atoms with E-state index in [1.165, 1.54) is 6.33 Å². The number of carbonyl (C=O) groups excluding carboxylic acids is 1. The van der Waals surface area contributed by atoms with Crippen LogP contribution in [0.15, 0.2) is 6.33 Å². The fourth-order valence-corrected chi connectivity index (χ4v) is 2.10. The molecule has 2 rings (SSSR count). The largest absolute Gasteiger partial charge is 0.444 e. The van der Waals surface area contributed by atoms with Gasteiger partial charge < -0.3 is 26.0 Å². The minimum Gasteiger partial charge on any atom is -0.444 e. The number of fused-ring (bicyclic) bond motifs is 1. The maximum absolute atomic E-state index is 11.5. The van der Waals surface area contributed by atoms with Crippen molar-refractivity contribution in [2.75, 3.05) is 12.3 Å². The molecular formula is C14H22N6O4. The third kappa shape index (κ3) is 4.30. The van der Waals surface area contributed by atoms with Gasteiger partial charge in [-0.05, 0) is 27.2 Å². The van der Waals surface area contributed by atoms with Crippen molar-refractivity contribution in [3.8, 4) is 0 Å². The van der Waals surface area contributed by atoms with Gasteiger partial charge in [-0.15, -0.1) is 0 Å². The summed E-state index contributed by atoms with van der Waals surface area (Å²) in [6, 6.07) is 0. The van der Waals surface area contributed by atoms with Crippen LogP contribution in [-0.2, 0) is 4.74 Å².